The number of rotatable bonds is 3. The zero-order chi connectivity index (χ0) is 14.1. The lowest BCUT2D eigenvalue weighted by Gasteiger charge is -1.99. The van der Waals surface area contributed by atoms with Gasteiger partial charge in [0.2, 0.25) is 0 Å². The summed E-state index contributed by atoms with van der Waals surface area (Å²) >= 11 is 1.59. The molecule has 0 bridgehead atoms. The maximum Gasteiger partial charge on any atom is 0.153 e. The molecule has 0 unspecified atom stereocenters. The summed E-state index contributed by atoms with van der Waals surface area (Å²) in [5, 5.41) is 4.44. The Balaban J connectivity index is 2.09. The first-order chi connectivity index (χ1) is 9.67. The van der Waals surface area contributed by atoms with Crippen LogP contribution in [0.25, 0.3) is 16.3 Å². The van der Waals surface area contributed by atoms with Crippen molar-refractivity contribution in [2.45, 2.75) is 6.92 Å². The molecule has 100 valence electrons. The fraction of sp³-hybridized carbons (Fsp3) is 0.0667. The van der Waals surface area contributed by atoms with E-state index in [1.807, 2.05) is 19.1 Å². The molecule has 3 rings (SSSR count). The molecule has 0 spiro atoms. The minimum absolute atomic E-state index is 0.300. The highest BCUT2D eigenvalue weighted by molar-refractivity contribution is 7.15. The van der Waals surface area contributed by atoms with E-state index < -0.39 is 0 Å². The molecule has 20 heavy (non-hydrogen) atoms. The summed E-state index contributed by atoms with van der Waals surface area (Å²) in [6.07, 6.45) is 2.45. The van der Waals surface area contributed by atoms with E-state index >= 15 is 0 Å². The number of nitrogens with zero attached hydrogens (tertiary/aromatic N) is 2. The number of carbonyl (C=O) groups excluding carboxylic acids is 1. The van der Waals surface area contributed by atoms with E-state index in [9.17, 15) is 9.18 Å². The van der Waals surface area contributed by atoms with E-state index in [1.54, 1.807) is 34.3 Å². The van der Waals surface area contributed by atoms with Gasteiger partial charge in [0, 0.05) is 11.1 Å². The highest BCUT2D eigenvalue weighted by Crippen LogP contribution is 2.29. The van der Waals surface area contributed by atoms with Gasteiger partial charge in [-0.1, -0.05) is 0 Å². The summed E-state index contributed by atoms with van der Waals surface area (Å²) in [6, 6.07) is 9.93. The Bertz CT molecular complexity index is 759. The SMILES string of the molecule is Cc1ccc(-c2nn(-c3ccc(F)cc3)cc2C=O)s1. The zero-order valence-corrected chi connectivity index (χ0v) is 11.5. The van der Waals surface area contributed by atoms with Crippen molar-refractivity contribution in [2.24, 2.45) is 0 Å². The standard InChI is InChI=1S/C15H11FN2OS/c1-10-2-7-14(20-10)15-11(9-19)8-18(17-15)13-5-3-12(16)4-6-13/h2-9H,1H3. The maximum atomic E-state index is 12.9. The summed E-state index contributed by atoms with van der Waals surface area (Å²) < 4.78 is 14.5. The lowest BCUT2D eigenvalue weighted by molar-refractivity contribution is 0.112. The van der Waals surface area contributed by atoms with E-state index in [2.05, 4.69) is 5.10 Å². The van der Waals surface area contributed by atoms with Crippen molar-refractivity contribution in [1.29, 1.82) is 0 Å². The summed E-state index contributed by atoms with van der Waals surface area (Å²) in [5.41, 5.74) is 1.90. The number of thiophene rings is 1. The van der Waals surface area contributed by atoms with E-state index in [4.69, 9.17) is 0 Å². The van der Waals surface area contributed by atoms with Crippen molar-refractivity contribution >= 4 is 17.6 Å². The fourth-order valence-corrected chi connectivity index (χ4v) is 2.83. The van der Waals surface area contributed by atoms with Crippen LogP contribution in [0.3, 0.4) is 0 Å². The van der Waals surface area contributed by atoms with Crippen LogP contribution >= 0.6 is 11.3 Å². The summed E-state index contributed by atoms with van der Waals surface area (Å²) in [5.74, 6) is -0.300. The molecule has 5 heteroatoms. The van der Waals surface area contributed by atoms with Gasteiger partial charge in [0.25, 0.3) is 0 Å². The molecular weight excluding hydrogens is 275 g/mol. The molecule has 3 nitrogen and oxygen atoms in total. The van der Waals surface area contributed by atoms with Gasteiger partial charge in [-0.05, 0) is 43.3 Å². The van der Waals surface area contributed by atoms with Gasteiger partial charge in [0.1, 0.15) is 11.5 Å². The molecular formula is C15H11FN2OS. The minimum atomic E-state index is -0.300. The number of aromatic nitrogens is 2. The highest BCUT2D eigenvalue weighted by Gasteiger charge is 2.13. The Morgan fingerprint density at radius 2 is 1.95 bits per heavy atom. The number of aryl methyl sites for hydroxylation is 1. The van der Waals surface area contributed by atoms with Gasteiger partial charge in [0.15, 0.2) is 6.29 Å². The second-order valence-corrected chi connectivity index (χ2v) is 5.67. The first-order valence-electron chi connectivity index (χ1n) is 6.05. The van der Waals surface area contributed by atoms with Crippen LogP contribution in [-0.2, 0) is 0 Å². The molecule has 2 aromatic heterocycles. The Labute approximate surface area is 119 Å². The van der Waals surface area contributed by atoms with Crippen molar-refractivity contribution in [3.05, 3.63) is 58.9 Å². The van der Waals surface area contributed by atoms with Crippen molar-refractivity contribution < 1.29 is 9.18 Å². The number of hydrogen-bond donors (Lipinski definition) is 0. The van der Waals surface area contributed by atoms with Gasteiger partial charge >= 0.3 is 0 Å². The fourth-order valence-electron chi connectivity index (χ4n) is 1.95. The molecule has 0 fully saturated rings. The molecule has 0 aliphatic heterocycles. The largest absolute Gasteiger partial charge is 0.298 e. The van der Waals surface area contributed by atoms with Gasteiger partial charge < -0.3 is 0 Å². The molecule has 0 atom stereocenters. The quantitative estimate of drug-likeness (QED) is 0.685. The Morgan fingerprint density at radius 1 is 1.20 bits per heavy atom. The normalized spacial score (nSPS) is 10.7. The third-order valence-electron chi connectivity index (χ3n) is 2.93. The first kappa shape index (κ1) is 12.7. The number of aldehydes is 1. The second kappa shape index (κ2) is 5.02. The second-order valence-electron chi connectivity index (χ2n) is 4.38. The average Bonchev–Trinajstić information content (AvgIpc) is 3.05. The van der Waals surface area contributed by atoms with Crippen molar-refractivity contribution in [1.82, 2.24) is 9.78 Å². The van der Waals surface area contributed by atoms with E-state index in [0.29, 0.717) is 16.9 Å². The molecule has 2 heterocycles. The number of halogens is 1. The van der Waals surface area contributed by atoms with Crippen LogP contribution in [0, 0.1) is 12.7 Å². The number of carbonyl (C=O) groups is 1. The Kier molecular flexibility index (Phi) is 3.20. The van der Waals surface area contributed by atoms with E-state index in [0.717, 1.165) is 16.0 Å². The van der Waals surface area contributed by atoms with Gasteiger partial charge in [-0.25, -0.2) is 9.07 Å². The Hall–Kier alpha value is -2.27. The highest BCUT2D eigenvalue weighted by atomic mass is 32.1. The van der Waals surface area contributed by atoms with E-state index in [-0.39, 0.29) is 5.82 Å². The monoisotopic (exact) mass is 286 g/mol. The van der Waals surface area contributed by atoms with Crippen LogP contribution in [-0.4, -0.2) is 16.1 Å². The minimum Gasteiger partial charge on any atom is -0.298 e. The van der Waals surface area contributed by atoms with Crippen LogP contribution in [0.1, 0.15) is 15.2 Å². The third kappa shape index (κ3) is 2.28. The topological polar surface area (TPSA) is 34.9 Å². The molecule has 0 saturated carbocycles. The molecule has 0 radical (unpaired) electrons. The van der Waals surface area contributed by atoms with Gasteiger partial charge in [-0.3, -0.25) is 4.79 Å². The van der Waals surface area contributed by atoms with Gasteiger partial charge in [-0.2, -0.15) is 5.10 Å². The molecule has 0 aliphatic rings. The molecule has 3 aromatic rings. The molecule has 0 saturated heterocycles. The van der Waals surface area contributed by atoms with Crippen molar-refractivity contribution in [3.8, 4) is 16.3 Å². The van der Waals surface area contributed by atoms with Crippen molar-refractivity contribution in [3.63, 3.8) is 0 Å². The van der Waals surface area contributed by atoms with Crippen LogP contribution in [0.4, 0.5) is 4.39 Å². The lowest BCUT2D eigenvalue weighted by Crippen LogP contribution is -1.94. The van der Waals surface area contributed by atoms with Gasteiger partial charge in [-0.15, -0.1) is 11.3 Å². The third-order valence-corrected chi connectivity index (χ3v) is 3.94. The predicted octanol–water partition coefficient (Wildman–Crippen LogP) is 3.86. The zero-order valence-electron chi connectivity index (χ0n) is 10.7. The summed E-state index contributed by atoms with van der Waals surface area (Å²) in [6.45, 7) is 2.01. The van der Waals surface area contributed by atoms with Crippen LogP contribution in [0.5, 0.6) is 0 Å². The summed E-state index contributed by atoms with van der Waals surface area (Å²) in [4.78, 5) is 13.3. The first-order valence-corrected chi connectivity index (χ1v) is 6.86. The van der Waals surface area contributed by atoms with Crippen LogP contribution in [0.15, 0.2) is 42.6 Å². The maximum absolute atomic E-state index is 12.9. The Morgan fingerprint density at radius 3 is 2.55 bits per heavy atom. The van der Waals surface area contributed by atoms with Crippen LogP contribution < -0.4 is 0 Å². The number of hydrogen-bond acceptors (Lipinski definition) is 3. The average molecular weight is 286 g/mol. The predicted molar refractivity (Wildman–Crippen MR) is 77.0 cm³/mol. The molecule has 0 N–H and O–H groups in total. The van der Waals surface area contributed by atoms with Gasteiger partial charge in [0.05, 0.1) is 16.1 Å². The smallest absolute Gasteiger partial charge is 0.153 e. The van der Waals surface area contributed by atoms with Crippen molar-refractivity contribution in [2.75, 3.05) is 0 Å². The van der Waals surface area contributed by atoms with Crippen LogP contribution in [0.2, 0.25) is 0 Å². The van der Waals surface area contributed by atoms with E-state index in [1.165, 1.54) is 12.1 Å². The lowest BCUT2D eigenvalue weighted by atomic mass is 10.2. The molecule has 0 amide bonds. The summed E-state index contributed by atoms with van der Waals surface area (Å²) in [7, 11) is 0. The molecule has 1 aromatic carbocycles. The molecule has 0 aliphatic carbocycles. The number of benzene rings is 1.